The lowest BCUT2D eigenvalue weighted by Gasteiger charge is -2.18. The highest BCUT2D eigenvalue weighted by molar-refractivity contribution is 5.62. The van der Waals surface area contributed by atoms with Crippen molar-refractivity contribution in [2.24, 2.45) is 0 Å². The molecule has 4 rings (SSSR count). The molecule has 138 valence electrons. The fourth-order valence-electron chi connectivity index (χ4n) is 3.25. The van der Waals surface area contributed by atoms with Crippen molar-refractivity contribution < 1.29 is 4.39 Å². The molecule has 0 atom stereocenters. The van der Waals surface area contributed by atoms with E-state index in [0.29, 0.717) is 17.5 Å². The first kappa shape index (κ1) is 17.3. The second kappa shape index (κ2) is 7.61. The summed E-state index contributed by atoms with van der Waals surface area (Å²) in [6.45, 7) is 4.13. The molecular weight excluding hydrogens is 341 g/mol. The standard InChI is InChI=1S/C21H22FN5/c1-15-14-20(25-19-7-3-2-6-18(19)22)26-21(23-15)24-16-8-10-17(11-9-16)27-12-4-5-13-27/h2-3,6-11,14H,4-5,12-13H2,1H3,(H2,23,24,25,26). The molecule has 1 aliphatic rings. The fourth-order valence-corrected chi connectivity index (χ4v) is 3.25. The second-order valence-electron chi connectivity index (χ2n) is 6.69. The highest BCUT2D eigenvalue weighted by atomic mass is 19.1. The molecular formula is C21H22FN5. The van der Waals surface area contributed by atoms with Crippen molar-refractivity contribution in [2.75, 3.05) is 28.6 Å². The smallest absolute Gasteiger partial charge is 0.229 e. The van der Waals surface area contributed by atoms with Crippen LogP contribution in [0.4, 0.5) is 33.2 Å². The van der Waals surface area contributed by atoms with Crippen molar-refractivity contribution in [3.63, 3.8) is 0 Å². The first-order valence-electron chi connectivity index (χ1n) is 9.17. The van der Waals surface area contributed by atoms with Crippen LogP contribution >= 0.6 is 0 Å². The molecule has 2 heterocycles. The topological polar surface area (TPSA) is 53.1 Å². The quantitative estimate of drug-likeness (QED) is 0.667. The molecule has 3 aromatic rings. The normalized spacial score (nSPS) is 13.6. The Balaban J connectivity index is 1.50. The number of aromatic nitrogens is 2. The van der Waals surface area contributed by atoms with Gasteiger partial charge in [-0.25, -0.2) is 9.37 Å². The molecule has 2 aromatic carbocycles. The molecule has 0 spiro atoms. The zero-order valence-corrected chi connectivity index (χ0v) is 15.2. The van der Waals surface area contributed by atoms with E-state index >= 15 is 0 Å². The van der Waals surface area contributed by atoms with Crippen LogP contribution in [0.25, 0.3) is 0 Å². The molecule has 27 heavy (non-hydrogen) atoms. The average molecular weight is 363 g/mol. The highest BCUT2D eigenvalue weighted by Gasteiger charge is 2.12. The number of para-hydroxylation sites is 1. The van der Waals surface area contributed by atoms with Crippen LogP contribution in [0.1, 0.15) is 18.5 Å². The van der Waals surface area contributed by atoms with Gasteiger partial charge in [-0.1, -0.05) is 12.1 Å². The van der Waals surface area contributed by atoms with Crippen LogP contribution in [0, 0.1) is 12.7 Å². The number of benzene rings is 2. The van der Waals surface area contributed by atoms with Crippen LogP contribution in [0.15, 0.2) is 54.6 Å². The van der Waals surface area contributed by atoms with Gasteiger partial charge >= 0.3 is 0 Å². The van der Waals surface area contributed by atoms with Gasteiger partial charge in [0.15, 0.2) is 0 Å². The number of nitrogens with zero attached hydrogens (tertiary/aromatic N) is 3. The van der Waals surface area contributed by atoms with Gasteiger partial charge in [0.2, 0.25) is 5.95 Å². The molecule has 0 radical (unpaired) electrons. The van der Waals surface area contributed by atoms with E-state index < -0.39 is 0 Å². The predicted octanol–water partition coefficient (Wildman–Crippen LogP) is 5.01. The summed E-state index contributed by atoms with van der Waals surface area (Å²) in [5.41, 5.74) is 3.34. The first-order chi connectivity index (χ1) is 13.2. The van der Waals surface area contributed by atoms with Gasteiger partial charge in [0.1, 0.15) is 11.6 Å². The Labute approximate surface area is 158 Å². The molecule has 2 N–H and O–H groups in total. The summed E-state index contributed by atoms with van der Waals surface area (Å²) in [6, 6.07) is 16.6. The van der Waals surface area contributed by atoms with Gasteiger partial charge in [-0.3, -0.25) is 0 Å². The Morgan fingerprint density at radius 3 is 2.41 bits per heavy atom. The van der Waals surface area contributed by atoms with Crippen LogP contribution in [0.3, 0.4) is 0 Å². The summed E-state index contributed by atoms with van der Waals surface area (Å²) in [6.07, 6.45) is 2.52. The third kappa shape index (κ3) is 4.16. The largest absolute Gasteiger partial charge is 0.372 e. The third-order valence-electron chi connectivity index (χ3n) is 4.59. The molecule has 5 nitrogen and oxygen atoms in total. The number of rotatable bonds is 5. The summed E-state index contributed by atoms with van der Waals surface area (Å²) < 4.78 is 13.9. The number of hydrogen-bond acceptors (Lipinski definition) is 5. The van der Waals surface area contributed by atoms with Gasteiger partial charge < -0.3 is 15.5 Å². The summed E-state index contributed by atoms with van der Waals surface area (Å²) in [5, 5.41) is 6.24. The van der Waals surface area contributed by atoms with Crippen molar-refractivity contribution in [3.8, 4) is 0 Å². The Hall–Kier alpha value is -3.15. The first-order valence-corrected chi connectivity index (χ1v) is 9.17. The van der Waals surface area contributed by atoms with Gasteiger partial charge in [-0.15, -0.1) is 0 Å². The molecule has 0 bridgehead atoms. The van der Waals surface area contributed by atoms with Gasteiger partial charge in [0.25, 0.3) is 0 Å². The maximum absolute atomic E-state index is 13.9. The van der Waals surface area contributed by atoms with Crippen LogP contribution in [-0.2, 0) is 0 Å². The maximum atomic E-state index is 13.9. The van der Waals surface area contributed by atoms with Crippen molar-refractivity contribution >= 4 is 28.8 Å². The van der Waals surface area contributed by atoms with Gasteiger partial charge in [-0.05, 0) is 56.2 Å². The number of hydrogen-bond donors (Lipinski definition) is 2. The lowest BCUT2D eigenvalue weighted by molar-refractivity contribution is 0.632. The van der Waals surface area contributed by atoms with Crippen molar-refractivity contribution in [3.05, 3.63) is 66.1 Å². The fraction of sp³-hybridized carbons (Fsp3) is 0.238. The predicted molar refractivity (Wildman–Crippen MR) is 108 cm³/mol. The molecule has 1 fully saturated rings. The Kier molecular flexibility index (Phi) is 4.87. The summed E-state index contributed by atoms with van der Waals surface area (Å²) in [4.78, 5) is 11.3. The van der Waals surface area contributed by atoms with Crippen LogP contribution in [0.5, 0.6) is 0 Å². The number of anilines is 5. The van der Waals surface area contributed by atoms with E-state index in [9.17, 15) is 4.39 Å². The minimum absolute atomic E-state index is 0.319. The van der Waals surface area contributed by atoms with Crippen molar-refractivity contribution in [1.82, 2.24) is 9.97 Å². The molecule has 6 heteroatoms. The summed E-state index contributed by atoms with van der Waals surface area (Å²) in [7, 11) is 0. The molecule has 1 saturated heterocycles. The summed E-state index contributed by atoms with van der Waals surface area (Å²) in [5.74, 6) is 0.701. The molecule has 1 aliphatic heterocycles. The Morgan fingerprint density at radius 1 is 0.926 bits per heavy atom. The van der Waals surface area contributed by atoms with Crippen LogP contribution in [0.2, 0.25) is 0 Å². The zero-order chi connectivity index (χ0) is 18.6. The molecule has 1 aromatic heterocycles. The summed E-state index contributed by atoms with van der Waals surface area (Å²) >= 11 is 0. The average Bonchev–Trinajstić information content (AvgIpc) is 3.19. The van der Waals surface area contributed by atoms with E-state index in [1.54, 1.807) is 24.3 Å². The van der Waals surface area contributed by atoms with Gasteiger partial charge in [0, 0.05) is 36.2 Å². The molecule has 0 aliphatic carbocycles. The Bertz CT molecular complexity index is 920. The number of halogens is 1. The van der Waals surface area contributed by atoms with Crippen molar-refractivity contribution in [2.45, 2.75) is 19.8 Å². The van der Waals surface area contributed by atoms with E-state index in [2.05, 4.69) is 37.6 Å². The maximum Gasteiger partial charge on any atom is 0.229 e. The van der Waals surface area contributed by atoms with Gasteiger partial charge in [0.05, 0.1) is 5.69 Å². The van der Waals surface area contributed by atoms with Crippen molar-refractivity contribution in [1.29, 1.82) is 0 Å². The monoisotopic (exact) mass is 363 g/mol. The van der Waals surface area contributed by atoms with E-state index in [4.69, 9.17) is 0 Å². The number of nitrogens with one attached hydrogen (secondary N) is 2. The number of aryl methyl sites for hydroxylation is 1. The SMILES string of the molecule is Cc1cc(Nc2ccccc2F)nc(Nc2ccc(N3CCCC3)cc2)n1. The van der Waals surface area contributed by atoms with Gasteiger partial charge in [-0.2, -0.15) is 4.98 Å². The van der Waals surface area contributed by atoms with E-state index in [1.807, 2.05) is 19.1 Å². The lowest BCUT2D eigenvalue weighted by atomic mass is 10.2. The highest BCUT2D eigenvalue weighted by Crippen LogP contribution is 2.24. The minimum atomic E-state index is -0.319. The lowest BCUT2D eigenvalue weighted by Crippen LogP contribution is -2.17. The molecule has 0 amide bonds. The van der Waals surface area contributed by atoms with E-state index in [-0.39, 0.29) is 5.82 Å². The third-order valence-corrected chi connectivity index (χ3v) is 4.59. The second-order valence-corrected chi connectivity index (χ2v) is 6.69. The van der Waals surface area contributed by atoms with E-state index in [1.165, 1.54) is 24.6 Å². The Morgan fingerprint density at radius 2 is 1.67 bits per heavy atom. The molecule has 0 unspecified atom stereocenters. The molecule has 0 saturated carbocycles. The minimum Gasteiger partial charge on any atom is -0.372 e. The van der Waals surface area contributed by atoms with E-state index in [0.717, 1.165) is 24.5 Å². The van der Waals surface area contributed by atoms with Crippen LogP contribution < -0.4 is 15.5 Å². The zero-order valence-electron chi connectivity index (χ0n) is 15.2. The van der Waals surface area contributed by atoms with Crippen LogP contribution in [-0.4, -0.2) is 23.1 Å².